The van der Waals surface area contributed by atoms with Crippen molar-refractivity contribution in [2.75, 3.05) is 0 Å². The molecule has 6 heavy (non-hydrogen) atoms. The van der Waals surface area contributed by atoms with E-state index in [0.717, 1.165) is 0 Å². The Morgan fingerprint density at radius 2 is 1.00 bits per heavy atom. The Kier molecular flexibility index (Phi) is 507. The van der Waals surface area contributed by atoms with E-state index in [1.54, 1.807) is 0 Å². The molecule has 0 bridgehead atoms. The minimum Gasteiger partial charge on any atom is -2.00 e. The normalized spacial score (nSPS) is 0. The van der Waals surface area contributed by atoms with Gasteiger partial charge in [0, 0.05) is 0 Å². The molecule has 0 heterocycles. The number of hydrogen-bond acceptors (Lipinski definition) is 1. The van der Waals surface area contributed by atoms with Crippen molar-refractivity contribution in [1.82, 2.24) is 0 Å². The summed E-state index contributed by atoms with van der Waals surface area (Å²) < 4.78 is 0. The molecular formula is HCaFNaNbO2+4. The third kappa shape index (κ3) is 28.9. The Morgan fingerprint density at radius 1 is 1.00 bits per heavy atom. The molecule has 0 unspecified atom stereocenters. The van der Waals surface area contributed by atoms with Crippen LogP contribution in [0.2, 0.25) is 0 Å². The summed E-state index contributed by atoms with van der Waals surface area (Å²) in [5.41, 5.74) is 0. The quantitative estimate of drug-likeness (QED) is 0.365. The Bertz CT molecular complexity index is 13.5. The molecule has 0 aromatic heterocycles. The molecule has 0 aliphatic rings. The van der Waals surface area contributed by atoms with Crippen LogP contribution >= 0.6 is 0 Å². The van der Waals surface area contributed by atoms with E-state index in [4.69, 9.17) is 0 Å². The van der Waals surface area contributed by atoms with Gasteiger partial charge in [0.05, 0.1) is 0 Å². The van der Waals surface area contributed by atoms with Crippen LogP contribution < -0.4 is 34.3 Å². The maximum Gasteiger partial charge on any atom is 5.00 e. The van der Waals surface area contributed by atoms with Crippen LogP contribution in [0.25, 0.3) is 0 Å². The third-order valence-corrected chi connectivity index (χ3v) is 0. The van der Waals surface area contributed by atoms with Gasteiger partial charge in [-0.15, -0.1) is 0 Å². The van der Waals surface area contributed by atoms with Crippen molar-refractivity contribution in [3.63, 3.8) is 0 Å². The van der Waals surface area contributed by atoms with Crippen molar-refractivity contribution in [1.29, 1.82) is 0 Å². The maximum absolute atomic E-state index is 0. The first kappa shape index (κ1) is 67.1. The molecule has 0 rings (SSSR count). The van der Waals surface area contributed by atoms with Crippen molar-refractivity contribution < 1.29 is 67.6 Å². The van der Waals surface area contributed by atoms with Crippen LogP contribution in [-0.2, 0) is 27.9 Å². The average molecular weight is 208 g/mol. The second kappa shape index (κ2) is 45.3. The topological polar surface area (TPSA) is 58.5 Å². The fraction of sp³-hybridized carbons (Fsp3) is 0. The fourth-order valence-corrected chi connectivity index (χ4v) is 0. The first-order valence-electron chi connectivity index (χ1n) is 0. The third-order valence-electron chi connectivity index (χ3n) is 0. The zero-order valence-corrected chi connectivity index (χ0v) is 9.79. The van der Waals surface area contributed by atoms with Crippen molar-refractivity contribution >= 4 is 37.7 Å². The molecule has 0 saturated heterocycles. The standard InChI is InChI=1S/Ca.FH.Na.Nb.H2O.O/h;1H;;;1H2;/q+2;;+1;+5;;-2/p-2. The minimum atomic E-state index is 0. The largest absolute Gasteiger partial charge is 5.00 e. The van der Waals surface area contributed by atoms with Crippen LogP contribution in [0.4, 0.5) is 0 Å². The molecule has 0 atom stereocenters. The Morgan fingerprint density at radius 3 is 1.00 bits per heavy atom. The molecule has 1 N–H and O–H groups in total. The van der Waals surface area contributed by atoms with Gasteiger partial charge in [-0.3, -0.25) is 0 Å². The SMILES string of the molecule is [Ca+2].[F-].[Na+].[Nb+5].[O-2].[OH-]. The number of halogens is 1. The number of hydrogen-bond donors (Lipinski definition) is 0. The van der Waals surface area contributed by atoms with Crippen molar-refractivity contribution in [3.8, 4) is 0 Å². The summed E-state index contributed by atoms with van der Waals surface area (Å²) in [4.78, 5) is 0. The van der Waals surface area contributed by atoms with E-state index in [9.17, 15) is 0 Å². The van der Waals surface area contributed by atoms with E-state index in [1.807, 2.05) is 0 Å². The molecule has 0 saturated carbocycles. The van der Waals surface area contributed by atoms with E-state index in [1.165, 1.54) is 0 Å². The predicted octanol–water partition coefficient (Wildman–Crippen LogP) is -6.67. The summed E-state index contributed by atoms with van der Waals surface area (Å²) in [7, 11) is 0. The Balaban J connectivity index is 0. The monoisotopic (exact) mass is 208 g/mol. The van der Waals surface area contributed by atoms with Crippen LogP contribution in [-0.4, -0.2) is 43.2 Å². The van der Waals surface area contributed by atoms with E-state index in [-0.39, 0.29) is 105 Å². The van der Waals surface area contributed by atoms with Crippen LogP contribution in [0, 0.1) is 0 Å². The minimum absolute atomic E-state index is 0. The van der Waals surface area contributed by atoms with Crippen molar-refractivity contribution in [2.45, 2.75) is 0 Å². The molecule has 0 fully saturated rings. The summed E-state index contributed by atoms with van der Waals surface area (Å²) in [5, 5.41) is 0. The van der Waals surface area contributed by atoms with Gasteiger partial charge in [0.25, 0.3) is 0 Å². The molecular weight excluding hydrogens is 207 g/mol. The van der Waals surface area contributed by atoms with E-state index in [2.05, 4.69) is 0 Å². The molecule has 6 heteroatoms. The van der Waals surface area contributed by atoms with Gasteiger partial charge in [-0.2, -0.15) is 0 Å². The van der Waals surface area contributed by atoms with Gasteiger partial charge in [-0.1, -0.05) is 0 Å². The summed E-state index contributed by atoms with van der Waals surface area (Å²) in [6.07, 6.45) is 0. The van der Waals surface area contributed by atoms with Crippen LogP contribution in [0.5, 0.6) is 0 Å². The molecule has 0 radical (unpaired) electrons. The van der Waals surface area contributed by atoms with Gasteiger partial charge >= 0.3 is 89.7 Å². The maximum atomic E-state index is 0. The number of rotatable bonds is 0. The van der Waals surface area contributed by atoms with Crippen LogP contribution in [0.1, 0.15) is 0 Å². The first-order chi connectivity index (χ1) is 0. The van der Waals surface area contributed by atoms with Gasteiger partial charge in [-0.25, -0.2) is 0 Å². The van der Waals surface area contributed by atoms with Crippen molar-refractivity contribution in [2.24, 2.45) is 0 Å². The smallest absolute Gasteiger partial charge is 2.00 e. The van der Waals surface area contributed by atoms with Crippen LogP contribution in [0.3, 0.4) is 0 Å². The van der Waals surface area contributed by atoms with E-state index < -0.39 is 0 Å². The molecule has 2 nitrogen and oxygen atoms in total. The van der Waals surface area contributed by atoms with E-state index >= 15 is 0 Å². The van der Waals surface area contributed by atoms with Gasteiger partial charge in [0.15, 0.2) is 0 Å². The summed E-state index contributed by atoms with van der Waals surface area (Å²) in [6.45, 7) is 0. The molecule has 0 aliphatic heterocycles. The predicted molar refractivity (Wildman–Crippen MR) is 8.38 cm³/mol. The molecule has 0 aliphatic carbocycles. The van der Waals surface area contributed by atoms with Gasteiger partial charge in [-0.05, 0) is 0 Å². The second-order valence-electron chi connectivity index (χ2n) is 0. The summed E-state index contributed by atoms with van der Waals surface area (Å²) in [5.74, 6) is 0. The first-order valence-corrected chi connectivity index (χ1v) is 0. The van der Waals surface area contributed by atoms with Gasteiger partial charge in [0.2, 0.25) is 0 Å². The molecule has 0 aromatic rings. The molecule has 24 valence electrons. The van der Waals surface area contributed by atoms with Crippen LogP contribution in [0.15, 0.2) is 0 Å². The molecule has 0 aromatic carbocycles. The average Bonchev–Trinajstić information content (AvgIpc) is 0. The van der Waals surface area contributed by atoms with E-state index in [0.29, 0.717) is 0 Å². The van der Waals surface area contributed by atoms with Gasteiger partial charge < -0.3 is 15.7 Å². The molecule has 0 amide bonds. The Hall–Kier alpha value is 2.85. The zero-order valence-electron chi connectivity index (χ0n) is 3.39. The second-order valence-corrected chi connectivity index (χ2v) is 0. The van der Waals surface area contributed by atoms with Gasteiger partial charge in [0.1, 0.15) is 0 Å². The Labute approximate surface area is 103 Å². The summed E-state index contributed by atoms with van der Waals surface area (Å²) >= 11 is 0. The summed E-state index contributed by atoms with van der Waals surface area (Å²) in [6, 6.07) is 0. The zero-order chi connectivity index (χ0) is 0. The fourth-order valence-electron chi connectivity index (χ4n) is 0. The van der Waals surface area contributed by atoms with Crippen molar-refractivity contribution in [3.05, 3.63) is 0 Å². The molecule has 0 spiro atoms.